The largest absolute Gasteiger partial charge is 0.433 e. The molecule has 112 valence electrons. The molecule has 0 spiro atoms. The van der Waals surface area contributed by atoms with E-state index in [1.54, 1.807) is 24.3 Å². The number of thioether (sulfide) groups is 1. The predicted molar refractivity (Wildman–Crippen MR) is 75.9 cm³/mol. The normalized spacial score (nSPS) is 11.5. The van der Waals surface area contributed by atoms with Crippen molar-refractivity contribution in [2.75, 3.05) is 5.43 Å². The number of halogens is 4. The Balaban J connectivity index is 2.22. The molecular weight excluding hydrogens is 325 g/mol. The highest BCUT2D eigenvalue weighted by Crippen LogP contribution is 2.32. The second kappa shape index (κ2) is 6.50. The highest BCUT2D eigenvalue weighted by molar-refractivity contribution is 7.98. The van der Waals surface area contributed by atoms with Crippen LogP contribution in [0.5, 0.6) is 0 Å². The average molecular weight is 335 g/mol. The molecule has 0 unspecified atom stereocenters. The lowest BCUT2D eigenvalue weighted by Gasteiger charge is -2.10. The minimum absolute atomic E-state index is 0.158. The molecule has 3 N–H and O–H groups in total. The summed E-state index contributed by atoms with van der Waals surface area (Å²) in [6, 6.07) is 7.96. The molecule has 0 atom stereocenters. The maximum absolute atomic E-state index is 12.7. The Kier molecular flexibility index (Phi) is 4.92. The summed E-state index contributed by atoms with van der Waals surface area (Å²) < 4.78 is 38.2. The Labute approximate surface area is 127 Å². The van der Waals surface area contributed by atoms with Crippen LogP contribution in [0.3, 0.4) is 0 Å². The molecule has 1 aromatic carbocycles. The standard InChI is InChI=1S/C12H10ClF3N4S/c13-8-4-2-1-3-7(8)6-21-10-5-9(12(14,15)16)18-11(19-10)20-17/h1-5H,6,17H2,(H,18,19,20). The summed E-state index contributed by atoms with van der Waals surface area (Å²) in [5.41, 5.74) is 1.78. The number of hydrazine groups is 1. The van der Waals surface area contributed by atoms with E-state index < -0.39 is 11.9 Å². The molecule has 1 heterocycles. The van der Waals surface area contributed by atoms with Gasteiger partial charge in [0.1, 0.15) is 5.03 Å². The molecule has 0 bridgehead atoms. The fourth-order valence-electron chi connectivity index (χ4n) is 1.48. The van der Waals surface area contributed by atoms with Crippen LogP contribution in [0.2, 0.25) is 5.02 Å². The number of hydrogen-bond donors (Lipinski definition) is 2. The van der Waals surface area contributed by atoms with E-state index in [1.165, 1.54) is 0 Å². The van der Waals surface area contributed by atoms with Gasteiger partial charge >= 0.3 is 6.18 Å². The molecule has 0 aliphatic heterocycles. The van der Waals surface area contributed by atoms with Crippen molar-refractivity contribution in [1.82, 2.24) is 9.97 Å². The molecule has 21 heavy (non-hydrogen) atoms. The second-order valence-corrected chi connectivity index (χ2v) is 5.34. The SMILES string of the molecule is NNc1nc(SCc2ccccc2Cl)cc(C(F)(F)F)n1. The van der Waals surface area contributed by atoms with Crippen molar-refractivity contribution >= 4 is 29.3 Å². The number of alkyl halides is 3. The third kappa shape index (κ3) is 4.23. The van der Waals surface area contributed by atoms with E-state index in [0.717, 1.165) is 23.4 Å². The molecule has 9 heteroatoms. The van der Waals surface area contributed by atoms with Crippen molar-refractivity contribution in [2.45, 2.75) is 17.0 Å². The molecule has 0 aliphatic carbocycles. The topological polar surface area (TPSA) is 63.8 Å². The molecule has 0 aliphatic rings. The van der Waals surface area contributed by atoms with Gasteiger partial charge in [0.15, 0.2) is 5.69 Å². The van der Waals surface area contributed by atoms with Crippen molar-refractivity contribution in [2.24, 2.45) is 5.84 Å². The van der Waals surface area contributed by atoms with E-state index >= 15 is 0 Å². The quantitative estimate of drug-likeness (QED) is 0.386. The van der Waals surface area contributed by atoms with Crippen LogP contribution >= 0.6 is 23.4 Å². The number of anilines is 1. The molecule has 0 amide bonds. The molecule has 2 aromatic rings. The zero-order chi connectivity index (χ0) is 15.5. The monoisotopic (exact) mass is 334 g/mol. The number of nitrogens with one attached hydrogen (secondary N) is 1. The van der Waals surface area contributed by atoms with Gasteiger partial charge in [-0.2, -0.15) is 13.2 Å². The molecule has 1 aromatic heterocycles. The molecule has 0 saturated heterocycles. The Hall–Kier alpha value is -1.51. The first-order chi connectivity index (χ1) is 9.90. The first kappa shape index (κ1) is 15.9. The number of nitrogens with zero attached hydrogens (tertiary/aromatic N) is 2. The lowest BCUT2D eigenvalue weighted by molar-refractivity contribution is -0.141. The van der Waals surface area contributed by atoms with Crippen LogP contribution in [0.4, 0.5) is 19.1 Å². The van der Waals surface area contributed by atoms with E-state index in [-0.39, 0.29) is 11.0 Å². The van der Waals surface area contributed by atoms with Gasteiger partial charge in [-0.3, -0.25) is 5.43 Å². The van der Waals surface area contributed by atoms with Gasteiger partial charge in [-0.05, 0) is 11.6 Å². The lowest BCUT2D eigenvalue weighted by atomic mass is 10.2. The van der Waals surface area contributed by atoms with Crippen molar-refractivity contribution in [1.29, 1.82) is 0 Å². The van der Waals surface area contributed by atoms with Crippen LogP contribution in [0.25, 0.3) is 0 Å². The molecule has 0 fully saturated rings. The van der Waals surface area contributed by atoms with Crippen molar-refractivity contribution in [3.63, 3.8) is 0 Å². The third-order valence-corrected chi connectivity index (χ3v) is 3.78. The van der Waals surface area contributed by atoms with Crippen LogP contribution in [-0.2, 0) is 11.9 Å². The van der Waals surface area contributed by atoms with Gasteiger partial charge in [0.25, 0.3) is 0 Å². The van der Waals surface area contributed by atoms with Gasteiger partial charge in [-0.25, -0.2) is 15.8 Å². The summed E-state index contributed by atoms with van der Waals surface area (Å²) in [5, 5.41) is 0.706. The van der Waals surface area contributed by atoms with Gasteiger partial charge in [0.05, 0.1) is 0 Å². The number of rotatable bonds is 4. The van der Waals surface area contributed by atoms with Gasteiger partial charge in [0.2, 0.25) is 5.95 Å². The highest BCUT2D eigenvalue weighted by Gasteiger charge is 2.33. The minimum atomic E-state index is -4.56. The van der Waals surface area contributed by atoms with Crippen LogP contribution < -0.4 is 11.3 Å². The van der Waals surface area contributed by atoms with Crippen molar-refractivity contribution < 1.29 is 13.2 Å². The minimum Gasteiger partial charge on any atom is -0.292 e. The third-order valence-electron chi connectivity index (χ3n) is 2.46. The number of aromatic nitrogens is 2. The Morgan fingerprint density at radius 2 is 1.95 bits per heavy atom. The zero-order valence-corrected chi connectivity index (χ0v) is 12.1. The second-order valence-electron chi connectivity index (χ2n) is 3.94. The smallest absolute Gasteiger partial charge is 0.292 e. The summed E-state index contributed by atoms with van der Waals surface area (Å²) in [4.78, 5) is 7.17. The van der Waals surface area contributed by atoms with E-state index in [2.05, 4.69) is 9.97 Å². The lowest BCUT2D eigenvalue weighted by Crippen LogP contribution is -2.15. The van der Waals surface area contributed by atoms with E-state index in [0.29, 0.717) is 10.8 Å². The maximum atomic E-state index is 12.7. The van der Waals surface area contributed by atoms with Crippen molar-refractivity contribution in [3.05, 3.63) is 46.6 Å². The number of benzene rings is 1. The van der Waals surface area contributed by atoms with E-state index in [4.69, 9.17) is 17.4 Å². The van der Waals surface area contributed by atoms with Gasteiger partial charge in [-0.1, -0.05) is 29.8 Å². The van der Waals surface area contributed by atoms with Crippen LogP contribution in [0.15, 0.2) is 35.4 Å². The Morgan fingerprint density at radius 3 is 2.57 bits per heavy atom. The molecule has 2 rings (SSSR count). The fraction of sp³-hybridized carbons (Fsp3) is 0.167. The summed E-state index contributed by atoms with van der Waals surface area (Å²) >= 11 is 7.11. The molecule has 0 radical (unpaired) electrons. The average Bonchev–Trinajstić information content (AvgIpc) is 2.45. The summed E-state index contributed by atoms with van der Waals surface area (Å²) in [7, 11) is 0. The fourth-order valence-corrected chi connectivity index (χ4v) is 2.66. The Morgan fingerprint density at radius 1 is 1.24 bits per heavy atom. The van der Waals surface area contributed by atoms with Crippen LogP contribution in [0.1, 0.15) is 11.3 Å². The number of hydrogen-bond acceptors (Lipinski definition) is 5. The van der Waals surface area contributed by atoms with Crippen LogP contribution in [-0.4, -0.2) is 9.97 Å². The first-order valence-corrected chi connectivity index (χ1v) is 7.05. The predicted octanol–water partition coefficient (Wildman–Crippen LogP) is 3.73. The van der Waals surface area contributed by atoms with Gasteiger partial charge in [-0.15, -0.1) is 11.8 Å². The summed E-state index contributed by atoms with van der Waals surface area (Å²) in [6.45, 7) is 0. The van der Waals surface area contributed by atoms with E-state index in [1.807, 2.05) is 5.43 Å². The van der Waals surface area contributed by atoms with Crippen molar-refractivity contribution in [3.8, 4) is 0 Å². The first-order valence-electron chi connectivity index (χ1n) is 5.69. The molecule has 4 nitrogen and oxygen atoms in total. The maximum Gasteiger partial charge on any atom is 0.433 e. The highest BCUT2D eigenvalue weighted by atomic mass is 35.5. The van der Waals surface area contributed by atoms with E-state index in [9.17, 15) is 13.2 Å². The summed E-state index contributed by atoms with van der Waals surface area (Å²) in [6.07, 6.45) is -4.56. The Bertz CT molecular complexity index is 636. The van der Waals surface area contributed by atoms with Crippen LogP contribution in [0, 0.1) is 0 Å². The van der Waals surface area contributed by atoms with Gasteiger partial charge < -0.3 is 0 Å². The number of nitrogens with two attached hydrogens (primary N) is 1. The zero-order valence-electron chi connectivity index (χ0n) is 10.5. The number of nitrogen functional groups attached to an aromatic ring is 1. The molecule has 0 saturated carbocycles. The van der Waals surface area contributed by atoms with Gasteiger partial charge in [0, 0.05) is 16.8 Å². The molecular formula is C12H10ClF3N4S. The summed E-state index contributed by atoms with van der Waals surface area (Å²) in [5.74, 6) is 5.19.